The van der Waals surface area contributed by atoms with E-state index in [1.807, 2.05) is 24.3 Å². The summed E-state index contributed by atoms with van der Waals surface area (Å²) in [5.74, 6) is 0.424. The van der Waals surface area contributed by atoms with Crippen LogP contribution in [0.15, 0.2) is 24.3 Å². The number of anilines is 1. The summed E-state index contributed by atoms with van der Waals surface area (Å²) in [4.78, 5) is 23.5. The molecule has 1 aromatic carbocycles. The Hall–Kier alpha value is -2.04. The molecule has 154 valence electrons. The molecule has 0 atom stereocenters. The highest BCUT2D eigenvalue weighted by atomic mass is 16.5. The number of amides is 1. The topological polar surface area (TPSA) is 78.5 Å². The average molecular weight is 387 g/mol. The second kappa shape index (κ2) is 9.94. The number of carbonyl (C=O) groups is 2. The summed E-state index contributed by atoms with van der Waals surface area (Å²) < 4.78 is 5.85. The summed E-state index contributed by atoms with van der Waals surface area (Å²) in [5.41, 5.74) is 0.275. The lowest BCUT2D eigenvalue weighted by molar-refractivity contribution is -0.308. The zero-order valence-corrected chi connectivity index (χ0v) is 16.7. The molecule has 2 aliphatic carbocycles. The van der Waals surface area contributed by atoms with Gasteiger partial charge in [-0.25, -0.2) is 0 Å². The Morgan fingerprint density at radius 2 is 1.68 bits per heavy atom. The molecule has 0 radical (unpaired) electrons. The molecule has 1 N–H and O–H groups in total. The number of hydrogen-bond acceptors (Lipinski definition) is 4. The number of rotatable bonds is 9. The third kappa shape index (κ3) is 6.25. The predicted molar refractivity (Wildman–Crippen MR) is 107 cm³/mol. The summed E-state index contributed by atoms with van der Waals surface area (Å²) in [7, 11) is 0. The van der Waals surface area contributed by atoms with Crippen LogP contribution in [0.5, 0.6) is 5.75 Å². The maximum atomic E-state index is 12.4. The van der Waals surface area contributed by atoms with E-state index in [0.29, 0.717) is 5.69 Å². The molecular formula is C23H32NO4-. The van der Waals surface area contributed by atoms with E-state index in [2.05, 4.69) is 5.32 Å². The first kappa shape index (κ1) is 20.7. The fourth-order valence-corrected chi connectivity index (χ4v) is 4.85. The predicted octanol–water partition coefficient (Wildman–Crippen LogP) is 4.06. The molecule has 2 fully saturated rings. The lowest BCUT2D eigenvalue weighted by Gasteiger charge is -2.28. The Labute approximate surface area is 167 Å². The average Bonchev–Trinajstić information content (AvgIpc) is 3.11. The zero-order valence-electron chi connectivity index (χ0n) is 16.7. The first-order valence-electron chi connectivity index (χ1n) is 10.8. The van der Waals surface area contributed by atoms with Gasteiger partial charge in [0.15, 0.2) is 0 Å². The molecule has 0 saturated heterocycles. The van der Waals surface area contributed by atoms with E-state index >= 15 is 0 Å². The summed E-state index contributed by atoms with van der Waals surface area (Å²) in [6.45, 7) is 0.738. The Kier molecular flexibility index (Phi) is 7.35. The van der Waals surface area contributed by atoms with E-state index in [1.165, 1.54) is 32.1 Å². The molecule has 28 heavy (non-hydrogen) atoms. The lowest BCUT2D eigenvalue weighted by atomic mass is 9.79. The molecule has 3 rings (SSSR count). The molecule has 0 aromatic heterocycles. The molecule has 2 aliphatic rings. The van der Waals surface area contributed by atoms with Crippen LogP contribution >= 0.6 is 0 Å². The molecule has 0 bridgehead atoms. The first-order chi connectivity index (χ1) is 13.5. The summed E-state index contributed by atoms with van der Waals surface area (Å²) in [6.07, 6.45) is 11.6. The van der Waals surface area contributed by atoms with Crippen molar-refractivity contribution in [1.82, 2.24) is 0 Å². The summed E-state index contributed by atoms with van der Waals surface area (Å²) in [6, 6.07) is 7.44. The SMILES string of the molecule is O=C([O-])CC1(CC(=O)Nc2ccc(OCCC3CCCCC3)cc2)CCCC1. The van der Waals surface area contributed by atoms with Gasteiger partial charge in [0.1, 0.15) is 5.75 Å². The van der Waals surface area contributed by atoms with Gasteiger partial charge < -0.3 is 20.0 Å². The highest BCUT2D eigenvalue weighted by Gasteiger charge is 2.36. The van der Waals surface area contributed by atoms with Crippen LogP contribution in [0.3, 0.4) is 0 Å². The highest BCUT2D eigenvalue weighted by Crippen LogP contribution is 2.44. The minimum atomic E-state index is -1.07. The van der Waals surface area contributed by atoms with Gasteiger partial charge in [-0.2, -0.15) is 0 Å². The van der Waals surface area contributed by atoms with Gasteiger partial charge in [-0.05, 0) is 61.3 Å². The molecule has 2 saturated carbocycles. The zero-order chi connectivity index (χ0) is 19.8. The fraction of sp³-hybridized carbons (Fsp3) is 0.652. The molecule has 5 heteroatoms. The number of nitrogens with one attached hydrogen (secondary N) is 1. The number of carboxylic acid groups (broad SMARTS) is 1. The van der Waals surface area contributed by atoms with E-state index in [1.54, 1.807) is 0 Å². The van der Waals surface area contributed by atoms with Gasteiger partial charge in [-0.1, -0.05) is 44.9 Å². The summed E-state index contributed by atoms with van der Waals surface area (Å²) in [5, 5.41) is 14.0. The Balaban J connectivity index is 1.44. The molecule has 0 spiro atoms. The van der Waals surface area contributed by atoms with Crippen LogP contribution in [-0.4, -0.2) is 18.5 Å². The number of aliphatic carboxylic acids is 1. The van der Waals surface area contributed by atoms with Gasteiger partial charge in [-0.15, -0.1) is 0 Å². The van der Waals surface area contributed by atoms with E-state index in [-0.39, 0.29) is 18.7 Å². The Bertz CT molecular complexity index is 643. The van der Waals surface area contributed by atoms with Crippen molar-refractivity contribution < 1.29 is 19.4 Å². The lowest BCUT2D eigenvalue weighted by Crippen LogP contribution is -2.33. The third-order valence-electron chi connectivity index (χ3n) is 6.38. The largest absolute Gasteiger partial charge is 0.550 e. The van der Waals surface area contributed by atoms with Gasteiger partial charge in [0.25, 0.3) is 0 Å². The van der Waals surface area contributed by atoms with E-state index < -0.39 is 11.4 Å². The van der Waals surface area contributed by atoms with Gasteiger partial charge in [-0.3, -0.25) is 4.79 Å². The monoisotopic (exact) mass is 386 g/mol. The quantitative estimate of drug-likeness (QED) is 0.694. The molecule has 1 amide bonds. The van der Waals surface area contributed by atoms with E-state index in [4.69, 9.17) is 4.74 Å². The second-order valence-electron chi connectivity index (χ2n) is 8.65. The van der Waals surface area contributed by atoms with E-state index in [9.17, 15) is 14.7 Å². The maximum absolute atomic E-state index is 12.4. The minimum absolute atomic E-state index is 0.0335. The van der Waals surface area contributed by atoms with Crippen LogP contribution in [0.4, 0.5) is 5.69 Å². The van der Waals surface area contributed by atoms with Crippen LogP contribution in [0.1, 0.15) is 77.0 Å². The molecule has 0 heterocycles. The van der Waals surface area contributed by atoms with Crippen LogP contribution in [0.25, 0.3) is 0 Å². The van der Waals surface area contributed by atoms with Crippen molar-refractivity contribution >= 4 is 17.6 Å². The van der Waals surface area contributed by atoms with Crippen molar-refractivity contribution in [3.05, 3.63) is 24.3 Å². The number of benzene rings is 1. The van der Waals surface area contributed by atoms with Crippen molar-refractivity contribution in [2.75, 3.05) is 11.9 Å². The van der Waals surface area contributed by atoms with Gasteiger partial charge >= 0.3 is 0 Å². The number of ether oxygens (including phenoxy) is 1. The van der Waals surface area contributed by atoms with Crippen LogP contribution < -0.4 is 15.2 Å². The highest BCUT2D eigenvalue weighted by molar-refractivity contribution is 5.91. The van der Waals surface area contributed by atoms with Crippen LogP contribution in [0, 0.1) is 11.3 Å². The molecule has 1 aromatic rings. The number of carbonyl (C=O) groups excluding carboxylic acids is 2. The molecule has 0 aliphatic heterocycles. The third-order valence-corrected chi connectivity index (χ3v) is 6.38. The maximum Gasteiger partial charge on any atom is 0.224 e. The molecular weight excluding hydrogens is 354 g/mol. The smallest absolute Gasteiger partial charge is 0.224 e. The van der Waals surface area contributed by atoms with Crippen molar-refractivity contribution in [2.45, 2.75) is 77.0 Å². The van der Waals surface area contributed by atoms with Crippen LogP contribution in [0.2, 0.25) is 0 Å². The van der Waals surface area contributed by atoms with Crippen molar-refractivity contribution in [3.63, 3.8) is 0 Å². The minimum Gasteiger partial charge on any atom is -0.550 e. The van der Waals surface area contributed by atoms with Crippen molar-refractivity contribution in [3.8, 4) is 5.75 Å². The normalized spacial score (nSPS) is 19.3. The van der Waals surface area contributed by atoms with Crippen molar-refractivity contribution in [1.29, 1.82) is 0 Å². The standard InChI is InChI=1S/C23H33NO4/c25-21(16-23(17-22(26)27)13-4-5-14-23)24-19-8-10-20(11-9-19)28-15-12-18-6-2-1-3-7-18/h8-11,18H,1-7,12-17H2,(H,24,25)(H,26,27)/p-1. The van der Waals surface area contributed by atoms with Crippen LogP contribution in [-0.2, 0) is 9.59 Å². The Morgan fingerprint density at radius 1 is 1.00 bits per heavy atom. The molecule has 5 nitrogen and oxygen atoms in total. The first-order valence-corrected chi connectivity index (χ1v) is 10.8. The fourth-order valence-electron chi connectivity index (χ4n) is 4.85. The molecule has 0 unspecified atom stereocenters. The van der Waals surface area contributed by atoms with E-state index in [0.717, 1.165) is 50.4 Å². The summed E-state index contributed by atoms with van der Waals surface area (Å²) >= 11 is 0. The Morgan fingerprint density at radius 3 is 2.32 bits per heavy atom. The second-order valence-corrected chi connectivity index (χ2v) is 8.65. The number of hydrogen-bond donors (Lipinski definition) is 1. The van der Waals surface area contributed by atoms with Crippen molar-refractivity contribution in [2.24, 2.45) is 11.3 Å². The van der Waals surface area contributed by atoms with Gasteiger partial charge in [0.05, 0.1) is 6.61 Å². The van der Waals surface area contributed by atoms with Gasteiger partial charge in [0.2, 0.25) is 5.91 Å². The number of carboxylic acids is 1. The van der Waals surface area contributed by atoms with Gasteiger partial charge in [0, 0.05) is 18.1 Å².